The third-order valence-corrected chi connectivity index (χ3v) is 3.48. The van der Waals surface area contributed by atoms with Crippen LogP contribution in [-0.4, -0.2) is 46.3 Å². The second-order valence-electron chi connectivity index (χ2n) is 4.96. The van der Waals surface area contributed by atoms with Gasteiger partial charge in [0.25, 0.3) is 0 Å². The zero-order valence-corrected chi connectivity index (χ0v) is 11.9. The van der Waals surface area contributed by atoms with Crippen molar-refractivity contribution in [2.75, 3.05) is 18.1 Å². The summed E-state index contributed by atoms with van der Waals surface area (Å²) >= 11 is 0. The molecule has 0 aliphatic carbocycles. The quantitative estimate of drug-likeness (QED) is 0.665. The zero-order valence-electron chi connectivity index (χ0n) is 11.9. The van der Waals surface area contributed by atoms with Crippen molar-refractivity contribution < 1.29 is 19.6 Å². The summed E-state index contributed by atoms with van der Waals surface area (Å²) in [6, 6.07) is 2.28. The van der Waals surface area contributed by atoms with E-state index >= 15 is 0 Å². The van der Waals surface area contributed by atoms with Crippen LogP contribution in [-0.2, 0) is 4.74 Å². The number of pyridine rings is 1. The highest BCUT2D eigenvalue weighted by Gasteiger charge is 2.32. The summed E-state index contributed by atoms with van der Waals surface area (Å²) < 4.78 is 5.56. The maximum absolute atomic E-state index is 11.2. The summed E-state index contributed by atoms with van der Waals surface area (Å²) in [4.78, 5) is 27.5. The van der Waals surface area contributed by atoms with Gasteiger partial charge in [0.1, 0.15) is 0 Å². The van der Waals surface area contributed by atoms with Crippen LogP contribution in [0.15, 0.2) is 12.1 Å². The molecule has 2 heterocycles. The molecule has 0 saturated carbocycles. The standard InChI is InChI=1S/C13H17N3O5/c1-3-9-7-21-8(2)6-15(9)12-11(16(19)20)5-4-10(14-12)13(17)18/h4-5,8-9H,3,6-7H2,1-2H3,(H,17,18). The number of rotatable bonds is 4. The predicted octanol–water partition coefficient (Wildman–Crippen LogP) is 1.69. The predicted molar refractivity (Wildman–Crippen MR) is 74.7 cm³/mol. The topological polar surface area (TPSA) is 106 Å². The highest BCUT2D eigenvalue weighted by atomic mass is 16.6. The van der Waals surface area contributed by atoms with Crippen LogP contribution in [0.25, 0.3) is 0 Å². The number of hydrogen-bond acceptors (Lipinski definition) is 6. The average molecular weight is 295 g/mol. The molecule has 1 aromatic rings. The number of carboxylic acid groups (broad SMARTS) is 1. The van der Waals surface area contributed by atoms with Gasteiger partial charge in [-0.05, 0) is 19.4 Å². The van der Waals surface area contributed by atoms with E-state index in [9.17, 15) is 14.9 Å². The lowest BCUT2D eigenvalue weighted by atomic mass is 10.1. The van der Waals surface area contributed by atoms with Crippen LogP contribution < -0.4 is 4.90 Å². The fourth-order valence-electron chi connectivity index (χ4n) is 2.36. The Morgan fingerprint density at radius 1 is 1.62 bits per heavy atom. The van der Waals surface area contributed by atoms with E-state index in [2.05, 4.69) is 4.98 Å². The van der Waals surface area contributed by atoms with Crippen molar-refractivity contribution in [3.8, 4) is 0 Å². The van der Waals surface area contributed by atoms with Gasteiger partial charge >= 0.3 is 11.7 Å². The lowest BCUT2D eigenvalue weighted by Gasteiger charge is -2.38. The molecule has 2 rings (SSSR count). The molecule has 0 spiro atoms. The first-order chi connectivity index (χ1) is 9.93. The van der Waals surface area contributed by atoms with Gasteiger partial charge < -0.3 is 14.7 Å². The maximum atomic E-state index is 11.2. The Kier molecular flexibility index (Phi) is 4.37. The first-order valence-electron chi connectivity index (χ1n) is 6.71. The highest BCUT2D eigenvalue weighted by Crippen LogP contribution is 2.30. The Labute approximate surface area is 121 Å². The van der Waals surface area contributed by atoms with E-state index in [1.165, 1.54) is 6.07 Å². The lowest BCUT2D eigenvalue weighted by Crippen LogP contribution is -2.49. The van der Waals surface area contributed by atoms with Gasteiger partial charge in [-0.15, -0.1) is 0 Å². The molecule has 1 saturated heterocycles. The van der Waals surface area contributed by atoms with Gasteiger partial charge in [0, 0.05) is 12.6 Å². The van der Waals surface area contributed by atoms with Crippen molar-refractivity contribution in [3.05, 3.63) is 27.9 Å². The normalized spacial score (nSPS) is 22.1. The van der Waals surface area contributed by atoms with Crippen LogP contribution in [0.5, 0.6) is 0 Å². The number of ether oxygens (including phenoxy) is 1. The van der Waals surface area contributed by atoms with Crippen molar-refractivity contribution in [2.24, 2.45) is 0 Å². The van der Waals surface area contributed by atoms with Gasteiger partial charge in [-0.3, -0.25) is 10.1 Å². The SMILES string of the molecule is CCC1COC(C)CN1c1nc(C(=O)O)ccc1[N+](=O)[O-]. The van der Waals surface area contributed by atoms with E-state index in [1.807, 2.05) is 13.8 Å². The maximum Gasteiger partial charge on any atom is 0.354 e. The number of aromatic carboxylic acids is 1. The highest BCUT2D eigenvalue weighted by molar-refractivity contribution is 5.86. The second-order valence-corrected chi connectivity index (χ2v) is 4.96. The van der Waals surface area contributed by atoms with Crippen LogP contribution in [0.3, 0.4) is 0 Å². The van der Waals surface area contributed by atoms with Crippen LogP contribution >= 0.6 is 0 Å². The minimum absolute atomic E-state index is 0.0588. The van der Waals surface area contributed by atoms with E-state index in [4.69, 9.17) is 9.84 Å². The smallest absolute Gasteiger partial charge is 0.354 e. The van der Waals surface area contributed by atoms with Gasteiger partial charge in [0.05, 0.1) is 23.7 Å². The Morgan fingerprint density at radius 3 is 2.90 bits per heavy atom. The first kappa shape index (κ1) is 15.2. The van der Waals surface area contributed by atoms with Crippen LogP contribution in [0.1, 0.15) is 30.8 Å². The molecule has 8 nitrogen and oxygen atoms in total. The molecule has 2 unspecified atom stereocenters. The number of aromatic nitrogens is 1. The van der Waals surface area contributed by atoms with Crippen molar-refractivity contribution >= 4 is 17.5 Å². The third-order valence-electron chi connectivity index (χ3n) is 3.48. The molecule has 8 heteroatoms. The largest absolute Gasteiger partial charge is 0.477 e. The second kappa shape index (κ2) is 6.04. The Hall–Kier alpha value is -2.22. The molecular formula is C13H17N3O5. The van der Waals surface area contributed by atoms with Gasteiger partial charge in [-0.1, -0.05) is 6.92 Å². The summed E-state index contributed by atoms with van der Waals surface area (Å²) in [6.45, 7) is 4.69. The lowest BCUT2D eigenvalue weighted by molar-refractivity contribution is -0.384. The molecule has 21 heavy (non-hydrogen) atoms. The third kappa shape index (κ3) is 3.10. The van der Waals surface area contributed by atoms with Crippen molar-refractivity contribution in [1.82, 2.24) is 4.98 Å². The zero-order chi connectivity index (χ0) is 15.6. The Bertz CT molecular complexity index is 563. The van der Waals surface area contributed by atoms with Gasteiger partial charge in [0.2, 0.25) is 5.82 Å². The number of nitrogens with zero attached hydrogens (tertiary/aromatic N) is 3. The van der Waals surface area contributed by atoms with Crippen molar-refractivity contribution in [1.29, 1.82) is 0 Å². The molecule has 1 aromatic heterocycles. The van der Waals surface area contributed by atoms with Gasteiger partial charge in [0.15, 0.2) is 5.69 Å². The molecule has 1 N–H and O–H groups in total. The molecule has 0 aromatic carbocycles. The monoisotopic (exact) mass is 295 g/mol. The first-order valence-corrected chi connectivity index (χ1v) is 6.71. The molecule has 0 radical (unpaired) electrons. The average Bonchev–Trinajstić information content (AvgIpc) is 2.46. The summed E-state index contributed by atoms with van der Waals surface area (Å²) in [5.74, 6) is -1.11. The van der Waals surface area contributed by atoms with Crippen LogP contribution in [0, 0.1) is 10.1 Å². The minimum Gasteiger partial charge on any atom is -0.477 e. The molecule has 0 bridgehead atoms. The molecular weight excluding hydrogens is 278 g/mol. The van der Waals surface area contributed by atoms with Gasteiger partial charge in [-0.25, -0.2) is 9.78 Å². The fourth-order valence-corrected chi connectivity index (χ4v) is 2.36. The number of carboxylic acids is 1. The molecule has 2 atom stereocenters. The Morgan fingerprint density at radius 2 is 2.33 bits per heavy atom. The van der Waals surface area contributed by atoms with Crippen molar-refractivity contribution in [2.45, 2.75) is 32.4 Å². The summed E-state index contributed by atoms with van der Waals surface area (Å²) in [5, 5.41) is 20.2. The molecule has 1 aliphatic rings. The number of hydrogen-bond donors (Lipinski definition) is 1. The summed E-state index contributed by atoms with van der Waals surface area (Å²) in [6.07, 6.45) is 0.630. The Balaban J connectivity index is 2.49. The number of anilines is 1. The van der Waals surface area contributed by atoms with Gasteiger partial charge in [-0.2, -0.15) is 0 Å². The van der Waals surface area contributed by atoms with E-state index in [0.29, 0.717) is 13.2 Å². The van der Waals surface area contributed by atoms with E-state index in [1.54, 1.807) is 4.90 Å². The minimum atomic E-state index is -1.21. The number of morpholine rings is 1. The molecule has 1 fully saturated rings. The summed E-state index contributed by atoms with van der Waals surface area (Å²) in [7, 11) is 0. The van der Waals surface area contributed by atoms with E-state index in [-0.39, 0.29) is 29.3 Å². The van der Waals surface area contributed by atoms with E-state index < -0.39 is 10.9 Å². The number of nitro groups is 1. The van der Waals surface area contributed by atoms with Crippen molar-refractivity contribution in [3.63, 3.8) is 0 Å². The summed E-state index contributed by atoms with van der Waals surface area (Å²) in [5.41, 5.74) is -0.392. The fraction of sp³-hybridized carbons (Fsp3) is 0.538. The molecule has 1 aliphatic heterocycles. The van der Waals surface area contributed by atoms with Crippen LogP contribution in [0.4, 0.5) is 11.5 Å². The molecule has 0 amide bonds. The molecule has 114 valence electrons. The van der Waals surface area contributed by atoms with Crippen LogP contribution in [0.2, 0.25) is 0 Å². The van der Waals surface area contributed by atoms with E-state index in [0.717, 1.165) is 12.5 Å². The number of carbonyl (C=O) groups is 1.